The van der Waals surface area contributed by atoms with Gasteiger partial charge in [-0.3, -0.25) is 0 Å². The molecule has 7 nitrogen and oxygen atoms in total. The van der Waals surface area contributed by atoms with Gasteiger partial charge in [-0.15, -0.1) is 0 Å². The summed E-state index contributed by atoms with van der Waals surface area (Å²) in [4.78, 5) is 3.19. The Morgan fingerprint density at radius 3 is 2.60 bits per heavy atom. The zero-order valence-corrected chi connectivity index (χ0v) is 17.9. The van der Waals surface area contributed by atoms with Gasteiger partial charge in [0, 0.05) is 11.1 Å². The van der Waals surface area contributed by atoms with E-state index in [1.807, 2.05) is 0 Å². The maximum atomic E-state index is 12.5. The molecule has 0 bridgehead atoms. The minimum absolute atomic E-state index is 0.00109. The Balaban J connectivity index is 1.87. The summed E-state index contributed by atoms with van der Waals surface area (Å²) in [6.45, 7) is 3.33. The minimum Gasteiger partial charge on any atom is -0.710 e. The zero-order valence-electron chi connectivity index (χ0n) is 17.1. The third-order valence-electron chi connectivity index (χ3n) is 5.81. The van der Waals surface area contributed by atoms with E-state index in [4.69, 9.17) is 4.74 Å². The van der Waals surface area contributed by atoms with E-state index in [2.05, 4.69) is 4.98 Å². The van der Waals surface area contributed by atoms with E-state index in [1.54, 1.807) is 50.4 Å². The van der Waals surface area contributed by atoms with Crippen LogP contribution in [0.1, 0.15) is 38.3 Å². The predicted octanol–water partition coefficient (Wildman–Crippen LogP) is 3.25. The number of aromatic amines is 1. The van der Waals surface area contributed by atoms with Crippen molar-refractivity contribution in [2.75, 3.05) is 5.75 Å². The number of nitrogens with zero attached hydrogens (tertiary/aromatic N) is 1. The van der Waals surface area contributed by atoms with Crippen LogP contribution in [0.5, 0.6) is 5.75 Å². The average molecular weight is 431 g/mol. The molecule has 8 heteroatoms. The molecule has 30 heavy (non-hydrogen) atoms. The standard InChI is InChI=1S/C22H26N2O5S/c1-3-30(27,28)17-8-9-21(29-16-6-4-15(25)5-7-16)20(13-17)19-12-14(2)24(26)22-18(19)10-11-23-22/h8-13,15-16,23,25H,3-7H2,1-2H3/t15-,16-. The van der Waals surface area contributed by atoms with Gasteiger partial charge in [0.05, 0.1) is 34.4 Å². The molecule has 2 aromatic heterocycles. The lowest BCUT2D eigenvalue weighted by Crippen LogP contribution is -2.31. The number of hydrogen-bond donors (Lipinski definition) is 2. The molecule has 0 atom stereocenters. The van der Waals surface area contributed by atoms with Crippen molar-refractivity contribution in [3.63, 3.8) is 0 Å². The third kappa shape index (κ3) is 3.77. The number of H-pyrrole nitrogens is 1. The third-order valence-corrected chi connectivity index (χ3v) is 7.54. The van der Waals surface area contributed by atoms with Crippen LogP contribution in [-0.4, -0.2) is 36.5 Å². The van der Waals surface area contributed by atoms with Crippen LogP contribution >= 0.6 is 0 Å². The Morgan fingerprint density at radius 2 is 1.90 bits per heavy atom. The molecule has 2 N–H and O–H groups in total. The van der Waals surface area contributed by atoms with Crippen molar-refractivity contribution < 1.29 is 23.0 Å². The van der Waals surface area contributed by atoms with Gasteiger partial charge in [-0.1, -0.05) is 6.92 Å². The van der Waals surface area contributed by atoms with E-state index in [1.165, 1.54) is 0 Å². The molecule has 160 valence electrons. The minimum atomic E-state index is -3.41. The van der Waals surface area contributed by atoms with Crippen LogP contribution in [-0.2, 0) is 9.84 Å². The van der Waals surface area contributed by atoms with Crippen LogP contribution < -0.4 is 9.47 Å². The zero-order chi connectivity index (χ0) is 21.5. The number of aryl methyl sites for hydroxylation is 1. The molecule has 0 saturated heterocycles. The smallest absolute Gasteiger partial charge is 0.290 e. The van der Waals surface area contributed by atoms with Crippen molar-refractivity contribution in [1.29, 1.82) is 0 Å². The average Bonchev–Trinajstić information content (AvgIpc) is 3.23. The van der Waals surface area contributed by atoms with Gasteiger partial charge in [0.1, 0.15) is 11.4 Å². The number of ether oxygens (including phenoxy) is 1. The number of aliphatic hydroxyl groups excluding tert-OH is 1. The van der Waals surface area contributed by atoms with E-state index in [0.29, 0.717) is 40.9 Å². The Labute approximate surface area is 175 Å². The number of sulfone groups is 1. The summed E-state index contributed by atoms with van der Waals surface area (Å²) in [7, 11) is -3.41. The van der Waals surface area contributed by atoms with Crippen LogP contribution in [0.4, 0.5) is 0 Å². The van der Waals surface area contributed by atoms with E-state index in [9.17, 15) is 18.7 Å². The monoisotopic (exact) mass is 430 g/mol. The molecular formula is C22H26N2O5S. The van der Waals surface area contributed by atoms with Crippen molar-refractivity contribution >= 4 is 20.9 Å². The van der Waals surface area contributed by atoms with Gasteiger partial charge < -0.3 is 15.1 Å². The molecule has 1 aliphatic rings. The predicted molar refractivity (Wildman–Crippen MR) is 114 cm³/mol. The lowest BCUT2D eigenvalue weighted by molar-refractivity contribution is -0.586. The highest BCUT2D eigenvalue weighted by atomic mass is 32.2. The molecule has 0 unspecified atom stereocenters. The number of hydrogen-bond acceptors (Lipinski definition) is 5. The van der Waals surface area contributed by atoms with Gasteiger partial charge in [0.25, 0.3) is 5.65 Å². The molecule has 0 radical (unpaired) electrons. The van der Waals surface area contributed by atoms with Gasteiger partial charge in [0.15, 0.2) is 9.84 Å². The van der Waals surface area contributed by atoms with E-state index < -0.39 is 9.84 Å². The second-order valence-electron chi connectivity index (χ2n) is 7.84. The molecule has 1 saturated carbocycles. The Hall–Kier alpha value is -2.58. The number of benzene rings is 1. The number of rotatable bonds is 5. The quantitative estimate of drug-likeness (QED) is 0.477. The Morgan fingerprint density at radius 1 is 1.17 bits per heavy atom. The van der Waals surface area contributed by atoms with Gasteiger partial charge in [-0.05, 0) is 62.9 Å². The maximum Gasteiger partial charge on any atom is 0.290 e. The topological polar surface area (TPSA) is 106 Å². The van der Waals surface area contributed by atoms with Crippen LogP contribution in [0.25, 0.3) is 22.2 Å². The molecule has 1 aliphatic carbocycles. The number of nitrogens with one attached hydrogen (secondary N) is 1. The van der Waals surface area contributed by atoms with Crippen molar-refractivity contribution in [2.24, 2.45) is 0 Å². The van der Waals surface area contributed by atoms with Gasteiger partial charge in [-0.2, -0.15) is 0 Å². The largest absolute Gasteiger partial charge is 0.710 e. The molecule has 0 spiro atoms. The summed E-state index contributed by atoms with van der Waals surface area (Å²) in [5.74, 6) is 0.582. The number of aromatic nitrogens is 2. The fourth-order valence-electron chi connectivity index (χ4n) is 4.02. The van der Waals surface area contributed by atoms with Gasteiger partial charge in [0.2, 0.25) is 0 Å². The van der Waals surface area contributed by atoms with E-state index >= 15 is 0 Å². The molecule has 4 rings (SSSR count). The highest BCUT2D eigenvalue weighted by molar-refractivity contribution is 7.91. The number of fused-ring (bicyclic) bond motifs is 1. The first-order valence-electron chi connectivity index (χ1n) is 10.2. The lowest BCUT2D eigenvalue weighted by atomic mass is 9.95. The summed E-state index contributed by atoms with van der Waals surface area (Å²) >= 11 is 0. The van der Waals surface area contributed by atoms with Crippen LogP contribution in [0.3, 0.4) is 0 Å². The van der Waals surface area contributed by atoms with Gasteiger partial charge >= 0.3 is 0 Å². The lowest BCUT2D eigenvalue weighted by Gasteiger charge is -2.27. The molecule has 3 aromatic rings. The second-order valence-corrected chi connectivity index (χ2v) is 10.1. The first kappa shape index (κ1) is 20.7. The number of pyridine rings is 1. The summed E-state index contributed by atoms with van der Waals surface area (Å²) in [5, 5.41) is 22.9. The molecule has 0 amide bonds. The normalized spacial score (nSPS) is 19.8. The van der Waals surface area contributed by atoms with Crippen LogP contribution in [0.2, 0.25) is 0 Å². The first-order chi connectivity index (χ1) is 14.3. The first-order valence-corrected chi connectivity index (χ1v) is 11.9. The van der Waals surface area contributed by atoms with Crippen LogP contribution in [0, 0.1) is 12.1 Å². The highest BCUT2D eigenvalue weighted by Crippen LogP contribution is 2.38. The fraction of sp³-hybridized carbons (Fsp3) is 0.409. The SMILES string of the molecule is CCS(=O)(=O)c1ccc(O[C@H]2CC[C@H](O)CC2)c(-c2cc(C)[n+]([O-])c3[nH]ccc23)c1. The van der Waals surface area contributed by atoms with Gasteiger partial charge in [-0.25, -0.2) is 18.1 Å². The number of aliphatic hydroxyl groups is 1. The second kappa shape index (κ2) is 7.92. The maximum absolute atomic E-state index is 12.5. The molecule has 1 aromatic carbocycles. The Kier molecular flexibility index (Phi) is 5.46. The van der Waals surface area contributed by atoms with E-state index in [0.717, 1.165) is 23.1 Å². The van der Waals surface area contributed by atoms with Crippen molar-refractivity contribution in [1.82, 2.24) is 4.98 Å². The summed E-state index contributed by atoms with van der Waals surface area (Å²) in [6.07, 6.45) is 4.21. The molecule has 1 fully saturated rings. The van der Waals surface area contributed by atoms with Crippen molar-refractivity contribution in [2.45, 2.75) is 56.6 Å². The summed E-state index contributed by atoms with van der Waals surface area (Å²) in [6, 6.07) is 8.49. The van der Waals surface area contributed by atoms with Crippen molar-refractivity contribution in [3.8, 4) is 16.9 Å². The fourth-order valence-corrected chi connectivity index (χ4v) is 4.92. The molecular weight excluding hydrogens is 404 g/mol. The molecule has 0 aliphatic heterocycles. The van der Waals surface area contributed by atoms with Crippen LogP contribution in [0.15, 0.2) is 41.4 Å². The molecule has 2 heterocycles. The van der Waals surface area contributed by atoms with E-state index in [-0.39, 0.29) is 22.9 Å². The summed E-state index contributed by atoms with van der Waals surface area (Å²) < 4.78 is 32.2. The van der Waals surface area contributed by atoms with Crippen molar-refractivity contribution in [3.05, 3.63) is 47.4 Å². The summed E-state index contributed by atoms with van der Waals surface area (Å²) in [5.41, 5.74) is 2.30. The highest BCUT2D eigenvalue weighted by Gasteiger charge is 2.24. The Bertz CT molecular complexity index is 1180.